The van der Waals surface area contributed by atoms with Crippen LogP contribution >= 0.6 is 11.3 Å². The van der Waals surface area contributed by atoms with Gasteiger partial charge in [0.1, 0.15) is 10.0 Å². The molecule has 0 saturated heterocycles. The molecular formula is C16H19N3O2S2. The minimum atomic E-state index is -3.43. The predicted molar refractivity (Wildman–Crippen MR) is 93.3 cm³/mol. The normalized spacial score (nSPS) is 12.1. The van der Waals surface area contributed by atoms with Crippen molar-refractivity contribution in [3.8, 4) is 0 Å². The molecule has 2 heterocycles. The summed E-state index contributed by atoms with van der Waals surface area (Å²) in [6.07, 6.45) is 1.40. The van der Waals surface area contributed by atoms with E-state index >= 15 is 0 Å². The maximum absolute atomic E-state index is 12.3. The summed E-state index contributed by atoms with van der Waals surface area (Å²) in [5.74, 6) is 0.870. The van der Waals surface area contributed by atoms with E-state index in [2.05, 4.69) is 9.71 Å². The molecule has 122 valence electrons. The van der Waals surface area contributed by atoms with Gasteiger partial charge in [0.15, 0.2) is 0 Å². The molecule has 0 radical (unpaired) electrons. The Labute approximate surface area is 140 Å². The fraction of sp³-hybridized carbons (Fsp3) is 0.312. The van der Waals surface area contributed by atoms with E-state index in [9.17, 15) is 8.42 Å². The number of fused-ring (bicyclic) bond motifs is 1. The lowest BCUT2D eigenvalue weighted by Gasteiger charge is -2.05. The number of aromatic nitrogens is 2. The molecule has 0 aliphatic carbocycles. The summed E-state index contributed by atoms with van der Waals surface area (Å²) in [6.45, 7) is 2.35. The maximum atomic E-state index is 12.3. The van der Waals surface area contributed by atoms with Crippen molar-refractivity contribution < 1.29 is 8.42 Å². The van der Waals surface area contributed by atoms with Gasteiger partial charge in [0, 0.05) is 24.9 Å². The molecule has 0 saturated carbocycles. The highest BCUT2D eigenvalue weighted by Crippen LogP contribution is 2.21. The van der Waals surface area contributed by atoms with Gasteiger partial charge in [-0.25, -0.2) is 18.1 Å². The number of rotatable bonds is 6. The van der Waals surface area contributed by atoms with Gasteiger partial charge in [-0.15, -0.1) is 11.3 Å². The summed E-state index contributed by atoms with van der Waals surface area (Å²) in [5.41, 5.74) is 1.98. The van der Waals surface area contributed by atoms with Crippen LogP contribution in [0.3, 0.4) is 0 Å². The number of thiophene rings is 1. The molecule has 5 nitrogen and oxygen atoms in total. The highest BCUT2D eigenvalue weighted by atomic mass is 32.2. The van der Waals surface area contributed by atoms with Crippen LogP contribution < -0.4 is 4.72 Å². The number of nitrogens with zero attached hydrogens (tertiary/aromatic N) is 2. The van der Waals surface area contributed by atoms with Gasteiger partial charge in [-0.2, -0.15) is 0 Å². The first-order valence-electron chi connectivity index (χ1n) is 7.50. The molecule has 0 aliphatic rings. The number of sulfonamides is 1. The SMILES string of the molecule is CCc1ccc(S(=O)(=O)NCCc2nc3ccccc3n2C)s1. The number of para-hydroxylation sites is 2. The lowest BCUT2D eigenvalue weighted by atomic mass is 10.3. The Morgan fingerprint density at radius 1 is 1.22 bits per heavy atom. The van der Waals surface area contributed by atoms with Crippen molar-refractivity contribution in [2.24, 2.45) is 7.05 Å². The molecule has 0 bridgehead atoms. The quantitative estimate of drug-likeness (QED) is 0.744. The lowest BCUT2D eigenvalue weighted by molar-refractivity contribution is 0.582. The van der Waals surface area contributed by atoms with Gasteiger partial charge >= 0.3 is 0 Å². The van der Waals surface area contributed by atoms with Crippen molar-refractivity contribution in [1.29, 1.82) is 0 Å². The molecule has 0 atom stereocenters. The standard InChI is InChI=1S/C16H19N3O2S2/c1-3-12-8-9-16(22-12)23(20,21)17-11-10-15-18-13-6-4-5-7-14(13)19(15)2/h4-9,17H,3,10-11H2,1-2H3. The van der Waals surface area contributed by atoms with E-state index in [4.69, 9.17) is 0 Å². The fourth-order valence-electron chi connectivity index (χ4n) is 2.48. The zero-order chi connectivity index (χ0) is 16.4. The highest BCUT2D eigenvalue weighted by molar-refractivity contribution is 7.91. The third kappa shape index (κ3) is 3.31. The van der Waals surface area contributed by atoms with Crippen LogP contribution in [0.5, 0.6) is 0 Å². The fourth-order valence-corrected chi connectivity index (χ4v) is 4.85. The number of hydrogen-bond donors (Lipinski definition) is 1. The van der Waals surface area contributed by atoms with E-state index in [1.165, 1.54) is 11.3 Å². The zero-order valence-electron chi connectivity index (χ0n) is 13.1. The van der Waals surface area contributed by atoms with Crippen LogP contribution in [0, 0.1) is 0 Å². The number of benzene rings is 1. The summed E-state index contributed by atoms with van der Waals surface area (Å²) in [4.78, 5) is 5.62. The molecule has 0 fully saturated rings. The molecular weight excluding hydrogens is 330 g/mol. The second-order valence-electron chi connectivity index (χ2n) is 5.30. The second kappa shape index (κ2) is 6.43. The van der Waals surface area contributed by atoms with Crippen molar-refractivity contribution in [1.82, 2.24) is 14.3 Å². The largest absolute Gasteiger partial charge is 0.331 e. The van der Waals surface area contributed by atoms with Gasteiger partial charge in [-0.1, -0.05) is 19.1 Å². The van der Waals surface area contributed by atoms with Crippen LogP contribution in [0.25, 0.3) is 11.0 Å². The maximum Gasteiger partial charge on any atom is 0.250 e. The molecule has 0 spiro atoms. The van der Waals surface area contributed by atoms with Crippen molar-refractivity contribution in [2.75, 3.05) is 6.54 Å². The average molecular weight is 349 g/mol. The van der Waals surface area contributed by atoms with Crippen LogP contribution in [0.15, 0.2) is 40.6 Å². The molecule has 0 unspecified atom stereocenters. The summed E-state index contributed by atoms with van der Waals surface area (Å²) in [7, 11) is -1.48. The summed E-state index contributed by atoms with van der Waals surface area (Å²) in [6, 6.07) is 11.4. The van der Waals surface area contributed by atoms with Crippen molar-refractivity contribution in [2.45, 2.75) is 24.0 Å². The van der Waals surface area contributed by atoms with Gasteiger partial charge in [0.25, 0.3) is 0 Å². The van der Waals surface area contributed by atoms with Crippen LogP contribution in [0.4, 0.5) is 0 Å². The molecule has 3 aromatic rings. The van der Waals surface area contributed by atoms with Crippen LogP contribution in [-0.2, 0) is 29.9 Å². The molecule has 1 aromatic carbocycles. The van der Waals surface area contributed by atoms with Crippen molar-refractivity contribution in [3.63, 3.8) is 0 Å². The average Bonchev–Trinajstić information content (AvgIpc) is 3.14. The Kier molecular flexibility index (Phi) is 4.52. The minimum Gasteiger partial charge on any atom is -0.331 e. The number of imidazole rings is 1. The van der Waals surface area contributed by atoms with Crippen LogP contribution in [0.1, 0.15) is 17.6 Å². The third-order valence-electron chi connectivity index (χ3n) is 3.77. The summed E-state index contributed by atoms with van der Waals surface area (Å²) in [5, 5.41) is 0. The van der Waals surface area contributed by atoms with E-state index in [1.54, 1.807) is 6.07 Å². The van der Waals surface area contributed by atoms with Gasteiger partial charge in [0.05, 0.1) is 11.0 Å². The Hall–Kier alpha value is -1.70. The minimum absolute atomic E-state index is 0.332. The van der Waals surface area contributed by atoms with Crippen LogP contribution in [0.2, 0.25) is 0 Å². The summed E-state index contributed by atoms with van der Waals surface area (Å²) < 4.78 is 29.6. The van der Waals surface area contributed by atoms with Crippen molar-refractivity contribution in [3.05, 3.63) is 47.1 Å². The van der Waals surface area contributed by atoms with Gasteiger partial charge in [-0.3, -0.25) is 0 Å². The van der Waals surface area contributed by atoms with Crippen LogP contribution in [-0.4, -0.2) is 24.5 Å². The van der Waals surface area contributed by atoms with E-state index in [0.717, 1.165) is 28.2 Å². The summed E-state index contributed by atoms with van der Waals surface area (Å²) >= 11 is 1.32. The first kappa shape index (κ1) is 16.2. The number of nitrogens with one attached hydrogen (secondary N) is 1. The van der Waals surface area contributed by atoms with E-state index in [-0.39, 0.29) is 0 Å². The molecule has 3 rings (SSSR count). The lowest BCUT2D eigenvalue weighted by Crippen LogP contribution is -2.26. The topological polar surface area (TPSA) is 64.0 Å². The molecule has 0 aliphatic heterocycles. The van der Waals surface area contributed by atoms with Gasteiger partial charge in [0.2, 0.25) is 10.0 Å². The van der Waals surface area contributed by atoms with E-state index < -0.39 is 10.0 Å². The molecule has 7 heteroatoms. The van der Waals surface area contributed by atoms with E-state index in [0.29, 0.717) is 17.2 Å². The smallest absolute Gasteiger partial charge is 0.250 e. The van der Waals surface area contributed by atoms with E-state index in [1.807, 2.05) is 48.9 Å². The van der Waals surface area contributed by atoms with Crippen molar-refractivity contribution >= 4 is 32.4 Å². The monoisotopic (exact) mass is 349 g/mol. The Bertz CT molecular complexity index is 926. The highest BCUT2D eigenvalue weighted by Gasteiger charge is 2.16. The Balaban J connectivity index is 1.69. The van der Waals surface area contributed by atoms with Gasteiger partial charge in [-0.05, 0) is 30.7 Å². The number of aryl methyl sites for hydroxylation is 2. The molecule has 1 N–H and O–H groups in total. The Morgan fingerprint density at radius 2 is 2.00 bits per heavy atom. The first-order valence-corrected chi connectivity index (χ1v) is 9.80. The number of hydrogen-bond acceptors (Lipinski definition) is 4. The third-order valence-corrected chi connectivity index (χ3v) is 6.95. The van der Waals surface area contributed by atoms with Gasteiger partial charge < -0.3 is 4.57 Å². The zero-order valence-corrected chi connectivity index (χ0v) is 14.7. The predicted octanol–water partition coefficient (Wildman–Crippen LogP) is 2.72. The molecule has 2 aromatic heterocycles. The molecule has 0 amide bonds. The second-order valence-corrected chi connectivity index (χ2v) is 8.46. The Morgan fingerprint density at radius 3 is 2.70 bits per heavy atom. The first-order chi connectivity index (χ1) is 11.0. The molecule has 23 heavy (non-hydrogen) atoms.